The van der Waals surface area contributed by atoms with Gasteiger partial charge >= 0.3 is 0 Å². The Morgan fingerprint density at radius 2 is 1.90 bits per heavy atom. The highest BCUT2D eigenvalue weighted by molar-refractivity contribution is 6.31. The third-order valence-corrected chi connectivity index (χ3v) is 4.01. The van der Waals surface area contributed by atoms with Crippen LogP contribution in [0.25, 0.3) is 0 Å². The fourth-order valence-electron chi connectivity index (χ4n) is 2.52. The van der Waals surface area contributed by atoms with E-state index in [1.165, 1.54) is 6.42 Å². The molecule has 0 aromatic heterocycles. The summed E-state index contributed by atoms with van der Waals surface area (Å²) in [6.45, 7) is 1.57. The fraction of sp³-hybridized carbons (Fsp3) is 0.533. The van der Waals surface area contributed by atoms with E-state index in [1.807, 2.05) is 11.0 Å². The molecule has 4 nitrogen and oxygen atoms in total. The first-order valence-corrected chi connectivity index (χ1v) is 7.26. The molecular formula is C15H20ClNO3. The quantitative estimate of drug-likeness (QED) is 0.802. The molecule has 0 bridgehead atoms. The maximum Gasteiger partial charge on any atom is 0.245 e. The summed E-state index contributed by atoms with van der Waals surface area (Å²) in [6, 6.07) is 5.41. The number of nitrogens with zero attached hydrogens (tertiary/aromatic N) is 1. The zero-order chi connectivity index (χ0) is 14.5. The van der Waals surface area contributed by atoms with E-state index in [0.717, 1.165) is 25.9 Å². The van der Waals surface area contributed by atoms with Crippen LogP contribution in [0.2, 0.25) is 0 Å². The van der Waals surface area contributed by atoms with Crippen LogP contribution in [0.4, 0.5) is 0 Å². The molecule has 1 heterocycles. The molecule has 1 saturated heterocycles. The van der Waals surface area contributed by atoms with Gasteiger partial charge in [-0.2, -0.15) is 0 Å². The number of piperidine rings is 1. The van der Waals surface area contributed by atoms with Crippen molar-refractivity contribution in [1.29, 1.82) is 0 Å². The number of halogens is 1. The van der Waals surface area contributed by atoms with E-state index in [9.17, 15) is 4.79 Å². The van der Waals surface area contributed by atoms with Crippen LogP contribution >= 0.6 is 11.6 Å². The van der Waals surface area contributed by atoms with Crippen molar-refractivity contribution < 1.29 is 14.3 Å². The molecule has 1 aromatic rings. The summed E-state index contributed by atoms with van der Waals surface area (Å²) in [5.41, 5.74) is 0.657. The highest BCUT2D eigenvalue weighted by atomic mass is 35.5. The van der Waals surface area contributed by atoms with Crippen molar-refractivity contribution in [3.63, 3.8) is 0 Å². The first-order chi connectivity index (χ1) is 9.69. The number of benzene rings is 1. The minimum Gasteiger partial charge on any atom is -0.493 e. The Morgan fingerprint density at radius 3 is 2.50 bits per heavy atom. The number of rotatable bonds is 4. The average molecular weight is 298 g/mol. The van der Waals surface area contributed by atoms with Gasteiger partial charge in [0.1, 0.15) is 5.38 Å². The van der Waals surface area contributed by atoms with Gasteiger partial charge in [-0.05, 0) is 25.3 Å². The lowest BCUT2D eigenvalue weighted by Crippen LogP contribution is -2.37. The molecule has 1 amide bonds. The van der Waals surface area contributed by atoms with Crippen molar-refractivity contribution >= 4 is 17.5 Å². The van der Waals surface area contributed by atoms with E-state index >= 15 is 0 Å². The third-order valence-electron chi connectivity index (χ3n) is 3.59. The Bertz CT molecular complexity index is 472. The highest BCUT2D eigenvalue weighted by Crippen LogP contribution is 2.38. The maximum atomic E-state index is 12.5. The van der Waals surface area contributed by atoms with Crippen molar-refractivity contribution in [3.05, 3.63) is 23.8 Å². The van der Waals surface area contributed by atoms with Crippen molar-refractivity contribution in [2.24, 2.45) is 0 Å². The van der Waals surface area contributed by atoms with Crippen LogP contribution in [-0.4, -0.2) is 38.1 Å². The predicted octanol–water partition coefficient (Wildman–Crippen LogP) is 3.00. The second-order valence-electron chi connectivity index (χ2n) is 4.83. The van der Waals surface area contributed by atoms with Gasteiger partial charge in [0, 0.05) is 18.7 Å². The van der Waals surface area contributed by atoms with Gasteiger partial charge in [-0.25, -0.2) is 0 Å². The summed E-state index contributed by atoms with van der Waals surface area (Å²) in [7, 11) is 3.12. The molecule has 2 rings (SSSR count). The predicted molar refractivity (Wildman–Crippen MR) is 78.6 cm³/mol. The second kappa shape index (κ2) is 6.84. The first-order valence-electron chi connectivity index (χ1n) is 6.82. The van der Waals surface area contributed by atoms with Gasteiger partial charge in [0.05, 0.1) is 14.2 Å². The summed E-state index contributed by atoms with van der Waals surface area (Å²) in [5, 5.41) is -0.738. The summed E-state index contributed by atoms with van der Waals surface area (Å²) in [5.74, 6) is 1.06. The molecule has 1 atom stereocenters. The van der Waals surface area contributed by atoms with Gasteiger partial charge in [0.25, 0.3) is 0 Å². The molecule has 0 spiro atoms. The number of carbonyl (C=O) groups is 1. The lowest BCUT2D eigenvalue weighted by Gasteiger charge is -2.29. The molecule has 0 N–H and O–H groups in total. The maximum absolute atomic E-state index is 12.5. The van der Waals surface area contributed by atoms with E-state index in [0.29, 0.717) is 17.1 Å². The van der Waals surface area contributed by atoms with Crippen LogP contribution in [0.15, 0.2) is 18.2 Å². The van der Waals surface area contributed by atoms with Gasteiger partial charge in [-0.15, -0.1) is 11.6 Å². The number of methoxy groups -OCH3 is 2. The fourth-order valence-corrected chi connectivity index (χ4v) is 2.83. The zero-order valence-electron chi connectivity index (χ0n) is 11.9. The molecule has 5 heteroatoms. The van der Waals surface area contributed by atoms with Gasteiger partial charge in [-0.3, -0.25) is 4.79 Å². The normalized spacial score (nSPS) is 16.6. The molecule has 0 aliphatic carbocycles. The smallest absolute Gasteiger partial charge is 0.245 e. The van der Waals surface area contributed by atoms with E-state index in [4.69, 9.17) is 21.1 Å². The SMILES string of the molecule is COc1cccc(C(Cl)C(=O)N2CCCCC2)c1OC. The topological polar surface area (TPSA) is 38.8 Å². The Hall–Kier alpha value is -1.42. The molecule has 1 aromatic carbocycles. The van der Waals surface area contributed by atoms with Crippen LogP contribution in [0, 0.1) is 0 Å². The van der Waals surface area contributed by atoms with Gasteiger partial charge in [0.2, 0.25) is 5.91 Å². The summed E-state index contributed by atoms with van der Waals surface area (Å²) < 4.78 is 10.6. The van der Waals surface area contributed by atoms with Crippen LogP contribution in [-0.2, 0) is 4.79 Å². The Kier molecular flexibility index (Phi) is 5.12. The molecular weight excluding hydrogens is 278 g/mol. The van der Waals surface area contributed by atoms with Crippen molar-refractivity contribution in [3.8, 4) is 11.5 Å². The van der Waals surface area contributed by atoms with Crippen molar-refractivity contribution in [2.75, 3.05) is 27.3 Å². The Morgan fingerprint density at radius 1 is 1.20 bits per heavy atom. The lowest BCUT2D eigenvalue weighted by atomic mass is 10.1. The van der Waals surface area contributed by atoms with Gasteiger partial charge < -0.3 is 14.4 Å². The number of alkyl halides is 1. The summed E-state index contributed by atoms with van der Waals surface area (Å²) in [6.07, 6.45) is 3.27. The molecule has 0 saturated carbocycles. The van der Waals surface area contributed by atoms with Crippen molar-refractivity contribution in [2.45, 2.75) is 24.6 Å². The number of likely N-dealkylation sites (tertiary alicyclic amines) is 1. The number of amides is 1. The van der Waals surface area contributed by atoms with E-state index < -0.39 is 5.38 Å². The monoisotopic (exact) mass is 297 g/mol. The second-order valence-corrected chi connectivity index (χ2v) is 5.27. The molecule has 110 valence electrons. The van der Waals surface area contributed by atoms with E-state index in [2.05, 4.69) is 0 Å². The Labute approximate surface area is 124 Å². The lowest BCUT2D eigenvalue weighted by molar-refractivity contribution is -0.131. The molecule has 1 aliphatic rings. The molecule has 20 heavy (non-hydrogen) atoms. The Balaban J connectivity index is 2.23. The summed E-state index contributed by atoms with van der Waals surface area (Å²) >= 11 is 6.38. The van der Waals surface area contributed by atoms with Crippen LogP contribution in [0.3, 0.4) is 0 Å². The van der Waals surface area contributed by atoms with Gasteiger partial charge in [-0.1, -0.05) is 12.1 Å². The van der Waals surface area contributed by atoms with Crippen LogP contribution < -0.4 is 9.47 Å². The average Bonchev–Trinajstić information content (AvgIpc) is 2.53. The minimum atomic E-state index is -0.738. The number of ether oxygens (including phenoxy) is 2. The molecule has 1 unspecified atom stereocenters. The van der Waals surface area contributed by atoms with E-state index in [-0.39, 0.29) is 5.91 Å². The third kappa shape index (κ3) is 3.01. The molecule has 0 radical (unpaired) electrons. The largest absolute Gasteiger partial charge is 0.493 e. The minimum absolute atomic E-state index is 0.0575. The number of hydrogen-bond donors (Lipinski definition) is 0. The first kappa shape index (κ1) is 15.0. The standard InChI is InChI=1S/C15H20ClNO3/c1-19-12-8-6-7-11(14(12)20-2)13(16)15(18)17-9-4-3-5-10-17/h6-8,13H,3-5,9-10H2,1-2H3. The number of para-hydroxylation sites is 1. The highest BCUT2D eigenvalue weighted by Gasteiger charge is 2.28. The zero-order valence-corrected chi connectivity index (χ0v) is 12.7. The molecule has 1 aliphatic heterocycles. The number of hydrogen-bond acceptors (Lipinski definition) is 3. The van der Waals surface area contributed by atoms with Crippen LogP contribution in [0.1, 0.15) is 30.2 Å². The molecule has 1 fully saturated rings. The van der Waals surface area contributed by atoms with Crippen LogP contribution in [0.5, 0.6) is 11.5 Å². The number of carbonyl (C=O) groups excluding carboxylic acids is 1. The summed E-state index contributed by atoms with van der Waals surface area (Å²) in [4.78, 5) is 14.3. The van der Waals surface area contributed by atoms with Gasteiger partial charge in [0.15, 0.2) is 11.5 Å². The van der Waals surface area contributed by atoms with E-state index in [1.54, 1.807) is 26.4 Å². The van der Waals surface area contributed by atoms with Crippen molar-refractivity contribution in [1.82, 2.24) is 4.90 Å².